The van der Waals surface area contributed by atoms with E-state index in [0.717, 1.165) is 43.8 Å². The number of hydrogen-bond donors (Lipinski definition) is 2. The van der Waals surface area contributed by atoms with Crippen LogP contribution in [0.3, 0.4) is 0 Å². The lowest BCUT2D eigenvalue weighted by Gasteiger charge is -2.33. The van der Waals surface area contributed by atoms with E-state index in [1.54, 1.807) is 0 Å². The molecule has 0 aromatic heterocycles. The van der Waals surface area contributed by atoms with Crippen molar-refractivity contribution in [1.82, 2.24) is 10.2 Å². The molecular weight excluding hydrogens is 290 g/mol. The minimum atomic E-state index is 0.0561. The van der Waals surface area contributed by atoms with E-state index in [1.807, 2.05) is 11.0 Å². The summed E-state index contributed by atoms with van der Waals surface area (Å²) in [7, 11) is 0. The molecule has 5 heteroatoms. The van der Waals surface area contributed by atoms with Gasteiger partial charge in [-0.15, -0.1) is 0 Å². The smallest absolute Gasteiger partial charge is 0.277 e. The quantitative estimate of drug-likeness (QED) is 0.786. The second-order valence-electron chi connectivity index (χ2n) is 6.72. The largest absolute Gasteiger partial charge is 0.346 e. The first-order chi connectivity index (χ1) is 11.2. The molecule has 0 saturated carbocycles. The highest BCUT2D eigenvalue weighted by atomic mass is 16.2. The standard InChI is InChI=1S/C18H25N3O2/c22-17-13-20(11-8-19-17)14-18(23)21-9-6-16(7-10-21)12-15-4-2-1-3-5-15/h1-5,16H,6-14H2,(H,19,22)/p+1. The molecule has 0 bridgehead atoms. The first-order valence-electron chi connectivity index (χ1n) is 8.62. The van der Waals surface area contributed by atoms with Crippen molar-refractivity contribution in [2.24, 2.45) is 5.92 Å². The Morgan fingerprint density at radius 1 is 1.22 bits per heavy atom. The Balaban J connectivity index is 1.43. The van der Waals surface area contributed by atoms with Gasteiger partial charge in [-0.2, -0.15) is 0 Å². The first-order valence-corrected chi connectivity index (χ1v) is 8.62. The number of amides is 2. The SMILES string of the molecule is O=C1C[NH+](CC(=O)N2CCC(Cc3ccccc3)CC2)CCN1. The van der Waals surface area contributed by atoms with Gasteiger partial charge in [0.1, 0.15) is 0 Å². The van der Waals surface area contributed by atoms with E-state index in [-0.39, 0.29) is 11.8 Å². The Bertz CT molecular complexity index is 538. The van der Waals surface area contributed by atoms with Gasteiger partial charge >= 0.3 is 0 Å². The maximum Gasteiger partial charge on any atom is 0.277 e. The predicted octanol–water partition coefficient (Wildman–Crippen LogP) is -0.518. The van der Waals surface area contributed by atoms with Crippen LogP contribution >= 0.6 is 0 Å². The molecule has 2 heterocycles. The average molecular weight is 316 g/mol. The number of piperidine rings is 1. The Morgan fingerprint density at radius 2 is 1.96 bits per heavy atom. The normalized spacial score (nSPS) is 22.7. The predicted molar refractivity (Wildman–Crippen MR) is 88.0 cm³/mol. The summed E-state index contributed by atoms with van der Waals surface area (Å²) < 4.78 is 0. The molecule has 2 amide bonds. The van der Waals surface area contributed by atoms with Crippen LogP contribution in [0.1, 0.15) is 18.4 Å². The van der Waals surface area contributed by atoms with E-state index < -0.39 is 0 Å². The molecule has 2 aliphatic rings. The number of nitrogens with zero attached hydrogens (tertiary/aromatic N) is 1. The molecule has 0 spiro atoms. The van der Waals surface area contributed by atoms with Crippen LogP contribution < -0.4 is 10.2 Å². The molecule has 1 aromatic carbocycles. The van der Waals surface area contributed by atoms with Crippen molar-refractivity contribution in [3.63, 3.8) is 0 Å². The van der Waals surface area contributed by atoms with Crippen LogP contribution in [-0.2, 0) is 16.0 Å². The van der Waals surface area contributed by atoms with Crippen molar-refractivity contribution in [2.75, 3.05) is 39.3 Å². The van der Waals surface area contributed by atoms with Crippen molar-refractivity contribution in [2.45, 2.75) is 19.3 Å². The third-order valence-electron chi connectivity index (χ3n) is 4.95. The maximum absolute atomic E-state index is 12.4. The summed E-state index contributed by atoms with van der Waals surface area (Å²) in [6, 6.07) is 10.6. The molecular formula is C18H26N3O2+. The lowest BCUT2D eigenvalue weighted by molar-refractivity contribution is -0.885. The summed E-state index contributed by atoms with van der Waals surface area (Å²) in [6.07, 6.45) is 3.27. The number of quaternary nitrogens is 1. The second-order valence-corrected chi connectivity index (χ2v) is 6.72. The van der Waals surface area contributed by atoms with Gasteiger partial charge in [-0.1, -0.05) is 30.3 Å². The van der Waals surface area contributed by atoms with Crippen LogP contribution in [0.5, 0.6) is 0 Å². The van der Waals surface area contributed by atoms with E-state index in [9.17, 15) is 9.59 Å². The van der Waals surface area contributed by atoms with E-state index in [0.29, 0.717) is 25.6 Å². The highest BCUT2D eigenvalue weighted by molar-refractivity contribution is 5.79. The lowest BCUT2D eigenvalue weighted by Crippen LogP contribution is -3.16. The molecule has 1 atom stereocenters. The highest BCUT2D eigenvalue weighted by Crippen LogP contribution is 2.21. The number of benzene rings is 1. The molecule has 124 valence electrons. The number of carbonyl (C=O) groups excluding carboxylic acids is 2. The Hall–Kier alpha value is -1.88. The molecule has 0 radical (unpaired) electrons. The Labute approximate surface area is 137 Å². The van der Waals surface area contributed by atoms with Gasteiger partial charge in [0.25, 0.3) is 11.8 Å². The zero-order valence-electron chi connectivity index (χ0n) is 13.6. The zero-order valence-corrected chi connectivity index (χ0v) is 13.6. The number of rotatable bonds is 4. The summed E-state index contributed by atoms with van der Waals surface area (Å²) in [6.45, 7) is 4.13. The molecule has 5 nitrogen and oxygen atoms in total. The molecule has 1 aromatic rings. The van der Waals surface area contributed by atoms with E-state index in [4.69, 9.17) is 0 Å². The Kier molecular flexibility index (Phi) is 5.28. The van der Waals surface area contributed by atoms with Gasteiger partial charge in [-0.05, 0) is 30.7 Å². The van der Waals surface area contributed by atoms with Gasteiger partial charge in [0.05, 0.1) is 13.1 Å². The van der Waals surface area contributed by atoms with Crippen LogP contribution in [0.15, 0.2) is 30.3 Å². The summed E-state index contributed by atoms with van der Waals surface area (Å²) in [5.74, 6) is 0.933. The minimum Gasteiger partial charge on any atom is -0.346 e. The fourth-order valence-electron chi connectivity index (χ4n) is 3.57. The van der Waals surface area contributed by atoms with Crippen molar-refractivity contribution < 1.29 is 14.5 Å². The molecule has 2 aliphatic heterocycles. The fourth-order valence-corrected chi connectivity index (χ4v) is 3.57. The summed E-state index contributed by atoms with van der Waals surface area (Å²) in [4.78, 5) is 26.9. The van der Waals surface area contributed by atoms with Gasteiger partial charge in [-0.3, -0.25) is 9.59 Å². The zero-order chi connectivity index (χ0) is 16.1. The third-order valence-corrected chi connectivity index (χ3v) is 4.95. The fraction of sp³-hybridized carbons (Fsp3) is 0.556. The topological polar surface area (TPSA) is 53.9 Å². The van der Waals surface area contributed by atoms with Crippen LogP contribution in [0.4, 0.5) is 0 Å². The molecule has 2 saturated heterocycles. The van der Waals surface area contributed by atoms with Crippen molar-refractivity contribution in [1.29, 1.82) is 0 Å². The first kappa shape index (κ1) is 16.0. The van der Waals surface area contributed by atoms with Crippen LogP contribution in [0.2, 0.25) is 0 Å². The molecule has 3 rings (SSSR count). The second kappa shape index (κ2) is 7.59. The molecule has 2 N–H and O–H groups in total. The van der Waals surface area contributed by atoms with E-state index in [1.165, 1.54) is 5.56 Å². The van der Waals surface area contributed by atoms with Crippen molar-refractivity contribution in [3.8, 4) is 0 Å². The van der Waals surface area contributed by atoms with Gasteiger partial charge in [0.2, 0.25) is 0 Å². The molecule has 1 unspecified atom stereocenters. The number of piperazine rings is 1. The van der Waals surface area contributed by atoms with Gasteiger partial charge in [-0.25, -0.2) is 0 Å². The molecule has 2 fully saturated rings. The maximum atomic E-state index is 12.4. The number of carbonyl (C=O) groups is 2. The number of hydrogen-bond acceptors (Lipinski definition) is 2. The summed E-state index contributed by atoms with van der Waals surface area (Å²) in [5, 5.41) is 2.81. The number of nitrogens with one attached hydrogen (secondary N) is 2. The minimum absolute atomic E-state index is 0.0561. The lowest BCUT2D eigenvalue weighted by atomic mass is 9.90. The molecule has 0 aliphatic carbocycles. The number of likely N-dealkylation sites (tertiary alicyclic amines) is 1. The van der Waals surface area contributed by atoms with Crippen LogP contribution in [0, 0.1) is 5.92 Å². The van der Waals surface area contributed by atoms with E-state index >= 15 is 0 Å². The van der Waals surface area contributed by atoms with E-state index in [2.05, 4.69) is 29.6 Å². The van der Waals surface area contributed by atoms with Gasteiger partial charge in [0, 0.05) is 13.1 Å². The van der Waals surface area contributed by atoms with Crippen molar-refractivity contribution >= 4 is 11.8 Å². The van der Waals surface area contributed by atoms with Crippen LogP contribution in [0.25, 0.3) is 0 Å². The Morgan fingerprint density at radius 3 is 2.65 bits per heavy atom. The van der Waals surface area contributed by atoms with Crippen LogP contribution in [-0.4, -0.2) is 56.0 Å². The summed E-state index contributed by atoms with van der Waals surface area (Å²) >= 11 is 0. The average Bonchev–Trinajstić information content (AvgIpc) is 2.56. The van der Waals surface area contributed by atoms with Gasteiger partial charge in [0.15, 0.2) is 13.1 Å². The van der Waals surface area contributed by atoms with Gasteiger partial charge < -0.3 is 15.1 Å². The monoisotopic (exact) mass is 316 g/mol. The van der Waals surface area contributed by atoms with Crippen molar-refractivity contribution in [3.05, 3.63) is 35.9 Å². The summed E-state index contributed by atoms with van der Waals surface area (Å²) in [5.41, 5.74) is 1.39. The highest BCUT2D eigenvalue weighted by Gasteiger charge is 2.27. The molecule has 23 heavy (non-hydrogen) atoms. The third kappa shape index (κ3) is 4.55.